The van der Waals surface area contributed by atoms with Gasteiger partial charge in [0.15, 0.2) is 24.8 Å². The van der Waals surface area contributed by atoms with Crippen molar-refractivity contribution in [1.29, 1.82) is 0 Å². The van der Waals surface area contributed by atoms with E-state index in [1.807, 2.05) is 0 Å². The number of aliphatic hydroxyl groups excluding tert-OH is 5. The maximum absolute atomic E-state index is 12.7. The molecule has 0 aromatic heterocycles. The predicted molar refractivity (Wildman–Crippen MR) is 163 cm³/mol. The number of amides is 5. The molecule has 2 aliphatic heterocycles. The summed E-state index contributed by atoms with van der Waals surface area (Å²) in [6.45, 7) is 3.08. The number of rotatable bonds is 16. The summed E-state index contributed by atoms with van der Waals surface area (Å²) in [5, 5.41) is 83.1. The molecule has 0 aliphatic carbocycles. The molecule has 2 heterocycles. The van der Waals surface area contributed by atoms with Crippen LogP contribution in [-0.4, -0.2) is 176 Å². The Hall–Kier alpha value is -4.07. The van der Waals surface area contributed by atoms with Crippen molar-refractivity contribution in [2.24, 2.45) is 0 Å². The van der Waals surface area contributed by atoms with Crippen LogP contribution in [0.25, 0.3) is 0 Å². The quantitative estimate of drug-likeness (QED) is 0.0699. The Balaban J connectivity index is 2.75. The van der Waals surface area contributed by atoms with E-state index in [1.54, 1.807) is 0 Å². The van der Waals surface area contributed by atoms with Gasteiger partial charge in [0.05, 0.1) is 31.3 Å². The molecule has 51 heavy (non-hydrogen) atoms. The summed E-state index contributed by atoms with van der Waals surface area (Å²) < 4.78 is 22.9. The number of carbonyl (C=O) groups excluding carboxylic acids is 5. The van der Waals surface area contributed by atoms with Gasteiger partial charge in [0.25, 0.3) is 0 Å². The first kappa shape index (κ1) is 43.1. The van der Waals surface area contributed by atoms with Crippen molar-refractivity contribution < 1.29 is 88.3 Å². The van der Waals surface area contributed by atoms with Crippen LogP contribution in [0, 0.1) is 0 Å². The van der Waals surface area contributed by atoms with Gasteiger partial charge in [0, 0.05) is 34.6 Å². The van der Waals surface area contributed by atoms with Gasteiger partial charge in [0.1, 0.15) is 42.6 Å². The minimum atomic E-state index is -2.25. The minimum absolute atomic E-state index is 0.757. The van der Waals surface area contributed by atoms with E-state index in [0.29, 0.717) is 0 Å². The Kier molecular flexibility index (Phi) is 16.0. The van der Waals surface area contributed by atoms with E-state index in [2.05, 4.69) is 26.6 Å². The summed E-state index contributed by atoms with van der Waals surface area (Å²) in [5.41, 5.74) is 0. The van der Waals surface area contributed by atoms with Crippen molar-refractivity contribution in [3.8, 4) is 0 Å². The molecule has 0 aromatic rings. The number of hydrogen-bond acceptors (Lipinski definition) is 16. The lowest BCUT2D eigenvalue weighted by Crippen LogP contribution is -2.74. The number of carboxylic acid groups (broad SMARTS) is 2. The van der Waals surface area contributed by atoms with Crippen LogP contribution in [0.3, 0.4) is 0 Å². The molecule has 0 unspecified atom stereocenters. The van der Waals surface area contributed by atoms with E-state index in [1.165, 1.54) is 0 Å². The summed E-state index contributed by atoms with van der Waals surface area (Å²) >= 11 is 0. The molecule has 14 atom stereocenters. The molecule has 0 bridgehead atoms. The zero-order chi connectivity index (χ0) is 38.9. The second-order valence-electron chi connectivity index (χ2n) is 11.9. The first-order valence-corrected chi connectivity index (χ1v) is 15.4. The van der Waals surface area contributed by atoms with E-state index in [-0.39, 0.29) is 0 Å². The molecule has 0 saturated carbocycles. The van der Waals surface area contributed by atoms with Gasteiger partial charge in [-0.3, -0.25) is 24.0 Å². The summed E-state index contributed by atoms with van der Waals surface area (Å²) in [7, 11) is 0. The van der Waals surface area contributed by atoms with Gasteiger partial charge >= 0.3 is 11.9 Å². The molecule has 290 valence electrons. The Morgan fingerprint density at radius 1 is 0.647 bits per heavy atom. The molecule has 2 saturated heterocycles. The minimum Gasteiger partial charge on any atom is -0.479 e. The van der Waals surface area contributed by atoms with E-state index in [0.717, 1.165) is 34.6 Å². The number of carboxylic acids is 2. The molecular weight excluding hydrogens is 694 g/mol. The number of carbonyl (C=O) groups is 7. The van der Waals surface area contributed by atoms with Crippen molar-refractivity contribution in [3.63, 3.8) is 0 Å². The largest absolute Gasteiger partial charge is 0.479 e. The number of ether oxygens (including phenoxy) is 4. The summed E-state index contributed by atoms with van der Waals surface area (Å²) in [6.07, 6.45) is -18.3. The normalized spacial score (nSPS) is 31.5. The molecule has 5 amide bonds. The van der Waals surface area contributed by atoms with Gasteiger partial charge in [-0.2, -0.15) is 0 Å². The Morgan fingerprint density at radius 3 is 1.53 bits per heavy atom. The van der Waals surface area contributed by atoms with Crippen LogP contribution in [0.5, 0.6) is 0 Å². The fourth-order valence-electron chi connectivity index (χ4n) is 5.68. The first-order valence-electron chi connectivity index (χ1n) is 15.4. The highest BCUT2D eigenvalue weighted by Crippen LogP contribution is 2.31. The van der Waals surface area contributed by atoms with E-state index in [9.17, 15) is 69.3 Å². The number of hydrogen-bond donors (Lipinski definition) is 12. The number of aliphatic carboxylic acids is 2. The fourth-order valence-corrected chi connectivity index (χ4v) is 5.68. The Morgan fingerprint density at radius 2 is 1.10 bits per heavy atom. The lowest BCUT2D eigenvalue weighted by atomic mass is 9.91. The highest BCUT2D eigenvalue weighted by molar-refractivity contribution is 5.78. The maximum atomic E-state index is 12.7. The van der Waals surface area contributed by atoms with Crippen molar-refractivity contribution in [3.05, 3.63) is 0 Å². The van der Waals surface area contributed by atoms with E-state index >= 15 is 0 Å². The van der Waals surface area contributed by atoms with Crippen molar-refractivity contribution in [2.75, 3.05) is 13.2 Å². The molecule has 2 fully saturated rings. The average molecular weight is 740 g/mol. The van der Waals surface area contributed by atoms with Gasteiger partial charge in [0.2, 0.25) is 29.5 Å². The molecule has 23 nitrogen and oxygen atoms in total. The van der Waals surface area contributed by atoms with Gasteiger partial charge < -0.3 is 81.3 Å². The zero-order valence-corrected chi connectivity index (χ0v) is 28.1. The zero-order valence-electron chi connectivity index (χ0n) is 28.1. The van der Waals surface area contributed by atoms with Crippen LogP contribution in [0.4, 0.5) is 0 Å². The second kappa shape index (κ2) is 19.0. The standard InChI is InChI=1S/C28H45N5O18/c1-8(36)29-13(6-34)21(19(42)14(41)7-35)48-28-18(33-12(5)40)16(31-10(3)38)22(24(51-28)26(46)47)49-27-17(32-11(4)39)15(30-9(2)37)20(43)23(50-27)25(44)45/h13-24,27-28,34-35,41-43H,6-7H2,1-5H3,(H,29,36)(H,30,37)(H,31,38)(H,32,39)(H,33,40)(H,44,45)(H,46,47)/t13-,14+,15+,16+,17-,18-,19-,20-,21+,22-,23+,24-,27+,28+/m0/s1. The smallest absolute Gasteiger partial charge is 0.335 e. The van der Waals surface area contributed by atoms with Crippen LogP contribution in [0.1, 0.15) is 34.6 Å². The highest BCUT2D eigenvalue weighted by atomic mass is 16.7. The Labute approximate surface area is 289 Å². The predicted octanol–water partition coefficient (Wildman–Crippen LogP) is -7.03. The molecule has 2 rings (SSSR count). The molecule has 12 N–H and O–H groups in total. The summed E-state index contributed by atoms with van der Waals surface area (Å²) in [6, 6.07) is -8.18. The first-order chi connectivity index (χ1) is 23.7. The second-order valence-corrected chi connectivity index (χ2v) is 11.9. The Bertz CT molecular complexity index is 1290. The molecule has 0 aromatic carbocycles. The topological polar surface area (TPSA) is 358 Å². The third kappa shape index (κ3) is 11.5. The summed E-state index contributed by atoms with van der Waals surface area (Å²) in [5.74, 6) is -7.60. The molecule has 2 aliphatic rings. The van der Waals surface area contributed by atoms with E-state index < -0.39 is 140 Å². The van der Waals surface area contributed by atoms with Crippen LogP contribution < -0.4 is 26.6 Å². The lowest BCUT2D eigenvalue weighted by Gasteiger charge is -2.50. The van der Waals surface area contributed by atoms with Crippen molar-refractivity contribution in [1.82, 2.24) is 26.6 Å². The van der Waals surface area contributed by atoms with Gasteiger partial charge in [-0.15, -0.1) is 0 Å². The van der Waals surface area contributed by atoms with Gasteiger partial charge in [-0.25, -0.2) is 9.59 Å². The number of nitrogens with one attached hydrogen (secondary N) is 5. The van der Waals surface area contributed by atoms with Crippen LogP contribution in [-0.2, 0) is 52.5 Å². The van der Waals surface area contributed by atoms with Gasteiger partial charge in [-0.05, 0) is 0 Å². The molecule has 0 radical (unpaired) electrons. The van der Waals surface area contributed by atoms with Crippen molar-refractivity contribution >= 4 is 41.5 Å². The SMILES string of the molecule is CC(=O)N[C@@H]1[C@H](O[C@@H]([C@@H](O)[C@H](O)CO)[C@H](CO)NC(C)=O)O[C@H](C(=O)O)[C@@H](O[C@@H]2O[C@@H](C(=O)O)[C@@H](O)[C@H](NC(C)=O)[C@@H]2NC(C)=O)[C@@H]1NC(C)=O. The van der Waals surface area contributed by atoms with Gasteiger partial charge in [-0.1, -0.05) is 0 Å². The van der Waals surface area contributed by atoms with E-state index in [4.69, 9.17) is 18.9 Å². The third-order valence-corrected chi connectivity index (χ3v) is 7.70. The highest BCUT2D eigenvalue weighted by Gasteiger charge is 2.56. The maximum Gasteiger partial charge on any atom is 0.335 e. The third-order valence-electron chi connectivity index (χ3n) is 7.70. The molecule has 23 heteroatoms. The lowest BCUT2D eigenvalue weighted by molar-refractivity contribution is -0.312. The van der Waals surface area contributed by atoms with Crippen LogP contribution >= 0.6 is 0 Å². The number of aliphatic hydroxyl groups is 5. The van der Waals surface area contributed by atoms with Crippen LogP contribution in [0.2, 0.25) is 0 Å². The molecular formula is C28H45N5O18. The van der Waals surface area contributed by atoms with Crippen LogP contribution in [0.15, 0.2) is 0 Å². The van der Waals surface area contributed by atoms with Crippen molar-refractivity contribution in [2.45, 2.75) is 120 Å². The fraction of sp³-hybridized carbons (Fsp3) is 0.750. The molecule has 0 spiro atoms. The monoisotopic (exact) mass is 739 g/mol. The summed E-state index contributed by atoms with van der Waals surface area (Å²) in [4.78, 5) is 85.9. The average Bonchev–Trinajstić information content (AvgIpc) is 3.01.